The van der Waals surface area contributed by atoms with Crippen molar-refractivity contribution in [1.82, 2.24) is 0 Å². The van der Waals surface area contributed by atoms with Gasteiger partial charge in [-0.15, -0.1) is 0 Å². The number of carboxylic acid groups (broad SMARTS) is 2. The molecule has 0 N–H and O–H groups in total. The summed E-state index contributed by atoms with van der Waals surface area (Å²) in [4.78, 5) is 8.33. The van der Waals surface area contributed by atoms with Crippen LogP contribution in [0.4, 0.5) is 4.79 Å². The summed E-state index contributed by atoms with van der Waals surface area (Å²) in [7, 11) is 0. The Hall–Kier alpha value is 3.10. The largest absolute Gasteiger partial charge is 1.00 e. The van der Waals surface area contributed by atoms with E-state index in [0.29, 0.717) is 0 Å². The smallest absolute Gasteiger partial charge is 1.00 e. The number of carbonyl (C=O) groups excluding carboxylic acids is 1. The maximum absolute atomic E-state index is 8.33. The van der Waals surface area contributed by atoms with Crippen molar-refractivity contribution in [2.75, 3.05) is 0 Å². The SMILES string of the molecule is O=C([O-])[O-].[AsH3].[K+].[K+]. The number of hydrogen-bond donors (Lipinski definition) is 0. The van der Waals surface area contributed by atoms with E-state index in [1.807, 2.05) is 0 Å². The molecule has 0 heterocycles. The summed E-state index contributed by atoms with van der Waals surface area (Å²) in [6.07, 6.45) is -2.33. The molecule has 0 bridgehead atoms. The van der Waals surface area contributed by atoms with E-state index in [1.165, 1.54) is 0 Å². The Bertz CT molecular complexity index is 35.9. The van der Waals surface area contributed by atoms with Crippen molar-refractivity contribution in [3.05, 3.63) is 0 Å². The van der Waals surface area contributed by atoms with Crippen LogP contribution in [0, 0.1) is 0 Å². The van der Waals surface area contributed by atoms with E-state index in [2.05, 4.69) is 0 Å². The molecule has 1 atom stereocenters. The van der Waals surface area contributed by atoms with E-state index in [4.69, 9.17) is 15.0 Å². The molecule has 0 aliphatic heterocycles. The molecule has 0 aromatic rings. The Balaban J connectivity index is -0.0000000150. The van der Waals surface area contributed by atoms with Gasteiger partial charge in [0, 0.05) is 0 Å². The van der Waals surface area contributed by atoms with Crippen molar-refractivity contribution in [3.8, 4) is 0 Å². The zero-order valence-corrected chi connectivity index (χ0v) is 13.6. The molecule has 32 valence electrons. The predicted molar refractivity (Wildman–Crippen MR) is 15.3 cm³/mol. The number of carbonyl (C=O) groups is 1. The van der Waals surface area contributed by atoms with E-state index in [0.717, 1.165) is 0 Å². The summed E-state index contributed by atoms with van der Waals surface area (Å²) in [6.45, 7) is 0. The Morgan fingerprint density at radius 1 is 1.14 bits per heavy atom. The van der Waals surface area contributed by atoms with Crippen molar-refractivity contribution in [2.24, 2.45) is 0 Å². The second-order valence-corrected chi connectivity index (χ2v) is 0.250. The normalized spacial score (nSPS) is 3.43. The van der Waals surface area contributed by atoms with E-state index < -0.39 is 6.16 Å². The fourth-order valence-corrected chi connectivity index (χ4v) is 0. The Morgan fingerprint density at radius 2 is 1.14 bits per heavy atom. The monoisotopic (exact) mass is 216 g/mol. The summed E-state index contributed by atoms with van der Waals surface area (Å²) >= 11 is 0. The summed E-state index contributed by atoms with van der Waals surface area (Å²) in [5.41, 5.74) is 0. The summed E-state index contributed by atoms with van der Waals surface area (Å²) in [6, 6.07) is 0. The van der Waals surface area contributed by atoms with Gasteiger partial charge in [0.05, 0.1) is 0 Å². The van der Waals surface area contributed by atoms with Crippen molar-refractivity contribution in [1.29, 1.82) is 0 Å². The van der Waals surface area contributed by atoms with Gasteiger partial charge >= 0.3 is 121 Å². The molecule has 0 aromatic heterocycles. The summed E-state index contributed by atoms with van der Waals surface area (Å²) in [5.74, 6) is 0. The van der Waals surface area contributed by atoms with Crippen LogP contribution in [0.15, 0.2) is 0 Å². The Morgan fingerprint density at radius 3 is 1.14 bits per heavy atom. The molecule has 6 heteroatoms. The fraction of sp³-hybridized carbons (Fsp3) is 0. The van der Waals surface area contributed by atoms with Gasteiger partial charge in [-0.2, -0.15) is 0 Å². The zero-order chi connectivity index (χ0) is 3.58. The molecule has 0 aromatic carbocycles. The van der Waals surface area contributed by atoms with E-state index in [-0.39, 0.29) is 121 Å². The van der Waals surface area contributed by atoms with Crippen LogP contribution in [0.2, 0.25) is 0 Å². The van der Waals surface area contributed by atoms with Crippen molar-refractivity contribution < 1.29 is 118 Å². The van der Waals surface area contributed by atoms with Gasteiger partial charge in [0.15, 0.2) is 0 Å². The van der Waals surface area contributed by atoms with E-state index in [1.54, 1.807) is 0 Å². The molecule has 0 aliphatic rings. The molecule has 1 unspecified atom stereocenters. The van der Waals surface area contributed by atoms with Gasteiger partial charge in [0.25, 0.3) is 0 Å². The maximum atomic E-state index is 8.33. The van der Waals surface area contributed by atoms with Crippen LogP contribution in [-0.2, 0) is 0 Å². The molecule has 0 aliphatic carbocycles. The molecule has 0 rings (SSSR count). The first-order valence-electron chi connectivity index (χ1n) is 0.612. The van der Waals surface area contributed by atoms with Gasteiger partial charge in [-0.25, -0.2) is 0 Å². The first kappa shape index (κ1) is 22.5. The van der Waals surface area contributed by atoms with Crippen molar-refractivity contribution >= 4 is 24.1 Å². The van der Waals surface area contributed by atoms with Gasteiger partial charge in [-0.3, -0.25) is 0 Å². The first-order valence-corrected chi connectivity index (χ1v) is 0.612. The third-order valence-corrected chi connectivity index (χ3v) is 0. The summed E-state index contributed by atoms with van der Waals surface area (Å²) in [5, 5.41) is 16.7. The molecule has 0 spiro atoms. The minimum absolute atomic E-state index is 0. The Labute approximate surface area is 138 Å². The van der Waals surface area contributed by atoms with Gasteiger partial charge in [-0.05, 0) is 6.16 Å². The van der Waals surface area contributed by atoms with Crippen LogP contribution < -0.4 is 113 Å². The average molecular weight is 216 g/mol. The molecular weight excluding hydrogens is 213 g/mol. The minimum Gasteiger partial charge on any atom is 1.00 e. The molecule has 7 heavy (non-hydrogen) atoms. The van der Waals surface area contributed by atoms with Crippen molar-refractivity contribution in [3.63, 3.8) is 0 Å². The van der Waals surface area contributed by atoms with Crippen LogP contribution in [0.1, 0.15) is 0 Å². The molecule has 0 radical (unpaired) electrons. The van der Waals surface area contributed by atoms with Crippen LogP contribution in [-0.4, -0.2) is 24.1 Å². The number of rotatable bonds is 0. The topological polar surface area (TPSA) is 63.2 Å². The first-order chi connectivity index (χ1) is 1.73. The van der Waals surface area contributed by atoms with Crippen LogP contribution >= 0.6 is 0 Å². The molecule has 0 amide bonds. The third-order valence-electron chi connectivity index (χ3n) is 0. The third kappa shape index (κ3) is 47.7. The van der Waals surface area contributed by atoms with Crippen LogP contribution in [0.5, 0.6) is 0 Å². The maximum Gasteiger partial charge on any atom is 1.00 e. The fourth-order valence-electron chi connectivity index (χ4n) is 0. The van der Waals surface area contributed by atoms with Gasteiger partial charge < -0.3 is 15.0 Å². The minimum atomic E-state index is -2.33. The summed E-state index contributed by atoms with van der Waals surface area (Å²) < 4.78 is 0. The molecule has 0 saturated carbocycles. The standard InChI is InChI=1S/CH2O3.AsH3.2K/c2-1(3)4;;;/h(H2,2,3,4);1H3;;/q;;2*+1/p-2. The Kier molecular flexibility index (Phi) is 51.5. The molecule has 0 fully saturated rings. The van der Waals surface area contributed by atoms with Crippen molar-refractivity contribution in [2.45, 2.75) is 0 Å². The van der Waals surface area contributed by atoms with E-state index >= 15 is 0 Å². The number of hydrogen-bond acceptors (Lipinski definition) is 3. The second kappa shape index (κ2) is 16.0. The van der Waals surface area contributed by atoms with Gasteiger partial charge in [0.1, 0.15) is 0 Å². The van der Waals surface area contributed by atoms with Crippen LogP contribution in [0.25, 0.3) is 0 Å². The second-order valence-electron chi connectivity index (χ2n) is 0.250. The average Bonchev–Trinajstić information content (AvgIpc) is 0.811. The zero-order valence-electron chi connectivity index (χ0n) is 4.43. The molecule has 3 nitrogen and oxygen atoms in total. The molecule has 0 saturated heterocycles. The predicted octanol–water partition coefficient (Wildman–Crippen LogP) is -9.62. The van der Waals surface area contributed by atoms with E-state index in [9.17, 15) is 0 Å². The van der Waals surface area contributed by atoms with Gasteiger partial charge in [0.2, 0.25) is 0 Å². The van der Waals surface area contributed by atoms with Gasteiger partial charge in [-0.1, -0.05) is 0 Å². The van der Waals surface area contributed by atoms with Crippen LogP contribution in [0.3, 0.4) is 0 Å². The molecular formula is CH3AsK2O3. The quantitative estimate of drug-likeness (QED) is 0.378.